The molecule has 0 aliphatic carbocycles. The minimum Gasteiger partial charge on any atom is -0.399 e. The van der Waals surface area contributed by atoms with Crippen molar-refractivity contribution in [1.82, 2.24) is 9.97 Å². The Morgan fingerprint density at radius 1 is 1.30 bits per heavy atom. The van der Waals surface area contributed by atoms with Gasteiger partial charge in [0.1, 0.15) is 0 Å². The maximum Gasteiger partial charge on any atom is 0.226 e. The van der Waals surface area contributed by atoms with Gasteiger partial charge in [-0.05, 0) is 36.1 Å². The first-order chi connectivity index (χ1) is 9.54. The van der Waals surface area contributed by atoms with Gasteiger partial charge in [0.2, 0.25) is 15.0 Å². The van der Waals surface area contributed by atoms with Crippen LogP contribution < -0.4 is 5.73 Å². The monoisotopic (exact) mass is 307 g/mol. The number of imidazole rings is 1. The lowest BCUT2D eigenvalue weighted by atomic mass is 10.3. The highest BCUT2D eigenvalue weighted by Crippen LogP contribution is 2.19. The number of fused-ring (bicyclic) bond motifs is 1. The van der Waals surface area contributed by atoms with Crippen LogP contribution in [0, 0.1) is 0 Å². The number of aryl methyl sites for hydroxylation is 1. The number of aromatic nitrogens is 2. The Labute approximate surface area is 120 Å². The van der Waals surface area contributed by atoms with Crippen LogP contribution in [0.3, 0.4) is 0 Å². The molecular formula is C13H13N3O2S2. The fraction of sp³-hybridized carbons (Fsp3) is 0.154. The lowest BCUT2D eigenvalue weighted by molar-refractivity contribution is 0.588. The zero-order chi connectivity index (χ0) is 14.2. The van der Waals surface area contributed by atoms with E-state index in [0.717, 1.165) is 4.88 Å². The van der Waals surface area contributed by atoms with Crippen LogP contribution in [0.25, 0.3) is 11.0 Å². The van der Waals surface area contributed by atoms with E-state index < -0.39 is 9.84 Å². The molecule has 3 N–H and O–H groups in total. The zero-order valence-corrected chi connectivity index (χ0v) is 12.2. The van der Waals surface area contributed by atoms with Gasteiger partial charge in [0.05, 0.1) is 16.8 Å². The number of nitrogen functional groups attached to an aromatic ring is 1. The normalized spacial score (nSPS) is 12.0. The molecule has 20 heavy (non-hydrogen) atoms. The standard InChI is InChI=1S/C13H13N3O2S2/c14-9-3-4-11-12(8-9)16-13(15-11)20(17,18)7-5-10-2-1-6-19-10/h1-4,6,8H,5,7,14H2,(H,15,16). The first-order valence-electron chi connectivity index (χ1n) is 6.05. The second-order valence-electron chi connectivity index (χ2n) is 4.47. The maximum absolute atomic E-state index is 12.3. The molecule has 0 spiro atoms. The van der Waals surface area contributed by atoms with Crippen LogP contribution in [0.15, 0.2) is 40.9 Å². The van der Waals surface area contributed by atoms with Gasteiger partial charge in [0.15, 0.2) is 0 Å². The van der Waals surface area contributed by atoms with E-state index in [1.807, 2.05) is 17.5 Å². The van der Waals surface area contributed by atoms with E-state index in [-0.39, 0.29) is 10.9 Å². The Kier molecular flexibility index (Phi) is 3.23. The molecule has 0 bridgehead atoms. The van der Waals surface area contributed by atoms with Crippen molar-refractivity contribution in [1.29, 1.82) is 0 Å². The molecule has 1 aromatic carbocycles. The first kappa shape index (κ1) is 13.1. The van der Waals surface area contributed by atoms with Crippen LogP contribution in [-0.4, -0.2) is 24.1 Å². The second-order valence-corrected chi connectivity index (χ2v) is 7.52. The first-order valence-corrected chi connectivity index (χ1v) is 8.58. The Hall–Kier alpha value is -1.86. The highest BCUT2D eigenvalue weighted by atomic mass is 32.2. The number of sulfone groups is 1. The van der Waals surface area contributed by atoms with Crippen LogP contribution in [-0.2, 0) is 16.3 Å². The number of anilines is 1. The predicted octanol–water partition coefficient (Wildman–Crippen LogP) is 2.22. The Balaban J connectivity index is 1.88. The Morgan fingerprint density at radius 2 is 2.15 bits per heavy atom. The molecule has 3 rings (SSSR count). The van der Waals surface area contributed by atoms with Crippen LogP contribution in [0.2, 0.25) is 0 Å². The number of H-pyrrole nitrogens is 1. The van der Waals surface area contributed by atoms with Crippen molar-refractivity contribution in [3.8, 4) is 0 Å². The predicted molar refractivity (Wildman–Crippen MR) is 80.6 cm³/mol. The third kappa shape index (κ3) is 2.54. The van der Waals surface area contributed by atoms with Crippen molar-refractivity contribution in [2.75, 3.05) is 11.5 Å². The summed E-state index contributed by atoms with van der Waals surface area (Å²) in [5, 5.41) is 1.95. The number of benzene rings is 1. The summed E-state index contributed by atoms with van der Waals surface area (Å²) in [4.78, 5) is 8.01. The molecule has 0 fully saturated rings. The number of rotatable bonds is 4. The molecule has 0 saturated heterocycles. The molecule has 0 radical (unpaired) electrons. The van der Waals surface area contributed by atoms with Gasteiger partial charge in [-0.1, -0.05) is 6.07 Å². The van der Waals surface area contributed by atoms with E-state index in [0.29, 0.717) is 23.1 Å². The Morgan fingerprint density at radius 3 is 2.90 bits per heavy atom. The number of thiophene rings is 1. The van der Waals surface area contributed by atoms with Crippen molar-refractivity contribution in [3.05, 3.63) is 40.6 Å². The molecule has 5 nitrogen and oxygen atoms in total. The Bertz CT molecular complexity index is 836. The molecule has 0 amide bonds. The number of nitrogens with zero attached hydrogens (tertiary/aromatic N) is 1. The number of hydrogen-bond donors (Lipinski definition) is 2. The number of nitrogens with one attached hydrogen (secondary N) is 1. The molecule has 7 heteroatoms. The largest absolute Gasteiger partial charge is 0.399 e. The quantitative estimate of drug-likeness (QED) is 0.723. The molecule has 0 unspecified atom stereocenters. The fourth-order valence-corrected chi connectivity index (χ4v) is 3.96. The van der Waals surface area contributed by atoms with Crippen LogP contribution in [0.5, 0.6) is 0 Å². The highest BCUT2D eigenvalue weighted by molar-refractivity contribution is 7.91. The van der Waals surface area contributed by atoms with Gasteiger partial charge in [0.25, 0.3) is 0 Å². The van der Waals surface area contributed by atoms with Crippen LogP contribution in [0.1, 0.15) is 4.88 Å². The number of hydrogen-bond acceptors (Lipinski definition) is 5. The molecule has 3 aromatic rings. The molecule has 0 atom stereocenters. The smallest absolute Gasteiger partial charge is 0.226 e. The van der Waals surface area contributed by atoms with E-state index >= 15 is 0 Å². The minimum atomic E-state index is -3.41. The molecule has 2 aromatic heterocycles. The zero-order valence-electron chi connectivity index (χ0n) is 10.5. The van der Waals surface area contributed by atoms with E-state index in [4.69, 9.17) is 5.73 Å². The van der Waals surface area contributed by atoms with Gasteiger partial charge < -0.3 is 10.7 Å². The SMILES string of the molecule is Nc1ccc2nc(S(=O)(=O)CCc3cccs3)[nH]c2c1. The maximum atomic E-state index is 12.3. The fourth-order valence-electron chi connectivity index (χ4n) is 1.94. The van der Waals surface area contributed by atoms with Gasteiger partial charge in [-0.15, -0.1) is 11.3 Å². The minimum absolute atomic E-state index is 0.00894. The lowest BCUT2D eigenvalue weighted by Gasteiger charge is -1.99. The van der Waals surface area contributed by atoms with E-state index in [2.05, 4.69) is 9.97 Å². The summed E-state index contributed by atoms with van der Waals surface area (Å²) in [6.45, 7) is 0. The van der Waals surface area contributed by atoms with Gasteiger partial charge in [-0.25, -0.2) is 13.4 Å². The van der Waals surface area contributed by atoms with Crippen LogP contribution >= 0.6 is 11.3 Å². The van der Waals surface area contributed by atoms with E-state index in [1.165, 1.54) is 0 Å². The van der Waals surface area contributed by atoms with Crippen LogP contribution in [0.4, 0.5) is 5.69 Å². The number of aromatic amines is 1. The van der Waals surface area contributed by atoms with Gasteiger partial charge in [0, 0.05) is 10.6 Å². The molecule has 0 aliphatic heterocycles. The van der Waals surface area contributed by atoms with E-state index in [9.17, 15) is 8.42 Å². The topological polar surface area (TPSA) is 88.8 Å². The summed E-state index contributed by atoms with van der Waals surface area (Å²) < 4.78 is 24.5. The molecule has 104 valence electrons. The molecule has 0 aliphatic rings. The summed E-state index contributed by atoms with van der Waals surface area (Å²) in [6.07, 6.45) is 0.499. The summed E-state index contributed by atoms with van der Waals surface area (Å²) in [5.41, 5.74) is 7.49. The third-order valence-electron chi connectivity index (χ3n) is 2.98. The van der Waals surface area contributed by atoms with Crippen molar-refractivity contribution in [2.45, 2.75) is 11.6 Å². The highest BCUT2D eigenvalue weighted by Gasteiger charge is 2.19. The van der Waals surface area contributed by atoms with Gasteiger partial charge in [-0.2, -0.15) is 0 Å². The van der Waals surface area contributed by atoms with Gasteiger partial charge >= 0.3 is 0 Å². The van der Waals surface area contributed by atoms with Crippen molar-refractivity contribution >= 4 is 37.9 Å². The molecule has 0 saturated carbocycles. The average Bonchev–Trinajstić information content (AvgIpc) is 3.05. The molecular weight excluding hydrogens is 294 g/mol. The van der Waals surface area contributed by atoms with Crippen molar-refractivity contribution < 1.29 is 8.42 Å². The van der Waals surface area contributed by atoms with Crippen molar-refractivity contribution in [3.63, 3.8) is 0 Å². The molecule has 2 heterocycles. The number of nitrogens with two attached hydrogens (primary N) is 1. The lowest BCUT2D eigenvalue weighted by Crippen LogP contribution is -2.10. The summed E-state index contributed by atoms with van der Waals surface area (Å²) in [6, 6.07) is 8.93. The summed E-state index contributed by atoms with van der Waals surface area (Å²) in [7, 11) is -3.41. The van der Waals surface area contributed by atoms with Gasteiger partial charge in [-0.3, -0.25) is 0 Å². The summed E-state index contributed by atoms with van der Waals surface area (Å²) in [5.74, 6) is 0.0445. The van der Waals surface area contributed by atoms with E-state index in [1.54, 1.807) is 29.5 Å². The summed E-state index contributed by atoms with van der Waals surface area (Å²) >= 11 is 1.55. The third-order valence-corrected chi connectivity index (χ3v) is 5.44. The van der Waals surface area contributed by atoms with Crippen molar-refractivity contribution in [2.24, 2.45) is 0 Å². The second kappa shape index (κ2) is 4.92. The average molecular weight is 307 g/mol.